The van der Waals surface area contributed by atoms with Crippen LogP contribution in [0.15, 0.2) is 47.5 Å². The first-order chi connectivity index (χ1) is 18.9. The highest BCUT2D eigenvalue weighted by molar-refractivity contribution is 6.20. The zero-order chi connectivity index (χ0) is 31.1. The summed E-state index contributed by atoms with van der Waals surface area (Å²) in [5.41, 5.74) is 5.10. The summed E-state index contributed by atoms with van der Waals surface area (Å²) >= 11 is 0. The summed E-state index contributed by atoms with van der Waals surface area (Å²) in [6, 6.07) is 8.95. The maximum atomic E-state index is 13.4. The third kappa shape index (κ3) is 10.2. The van der Waals surface area contributed by atoms with E-state index in [1.165, 1.54) is 12.1 Å². The summed E-state index contributed by atoms with van der Waals surface area (Å²) in [6.07, 6.45) is -13.8. The summed E-state index contributed by atoms with van der Waals surface area (Å²) in [5, 5.41) is 4.78. The summed E-state index contributed by atoms with van der Waals surface area (Å²) < 4.78 is 78.2. The van der Waals surface area contributed by atoms with Crippen LogP contribution in [0, 0.1) is 18.8 Å². The Bertz CT molecular complexity index is 1290. The molecule has 3 amide bonds. The third-order valence-corrected chi connectivity index (χ3v) is 5.62. The van der Waals surface area contributed by atoms with Crippen molar-refractivity contribution in [2.24, 2.45) is 22.6 Å². The molecule has 7 nitrogen and oxygen atoms in total. The fraction of sp³-hybridized carbons (Fsp3) is 0.429. The van der Waals surface area contributed by atoms with Crippen molar-refractivity contribution < 1.29 is 40.7 Å². The smallest absolute Gasteiger partial charge is 0.370 e. The predicted octanol–water partition coefficient (Wildman–Crippen LogP) is 5.74. The van der Waals surface area contributed by atoms with E-state index in [-0.39, 0.29) is 22.5 Å². The average Bonchev–Trinajstić information content (AvgIpc) is 2.97. The number of para-hydroxylation sites is 1. The van der Waals surface area contributed by atoms with Gasteiger partial charge in [-0.25, -0.2) is 4.99 Å². The Balaban J connectivity index is 0.00000138. The van der Waals surface area contributed by atoms with E-state index in [1.54, 1.807) is 19.1 Å². The number of benzene rings is 2. The molecular weight excluding hydrogens is 554 g/mol. The molecule has 0 fully saturated rings. The van der Waals surface area contributed by atoms with E-state index in [2.05, 4.69) is 36.4 Å². The zero-order valence-corrected chi connectivity index (χ0v) is 22.9. The first kappa shape index (κ1) is 33.3. The zero-order valence-electron chi connectivity index (χ0n) is 22.9. The molecule has 2 atom stereocenters. The van der Waals surface area contributed by atoms with Crippen LogP contribution in [0.5, 0.6) is 0 Å². The number of hydrogen-bond acceptors (Lipinski definition) is 4. The van der Waals surface area contributed by atoms with Crippen molar-refractivity contribution in [2.75, 3.05) is 5.32 Å². The van der Waals surface area contributed by atoms with E-state index < -0.39 is 67.0 Å². The lowest BCUT2D eigenvalue weighted by Crippen LogP contribution is -2.45. The maximum absolute atomic E-state index is 13.4. The number of aryl methyl sites for hydroxylation is 1. The maximum Gasteiger partial charge on any atom is 0.416 e. The van der Waals surface area contributed by atoms with Crippen LogP contribution in [0.4, 0.5) is 32.0 Å². The van der Waals surface area contributed by atoms with Crippen LogP contribution in [-0.2, 0) is 20.6 Å². The van der Waals surface area contributed by atoms with E-state index in [0.29, 0.717) is 5.56 Å². The lowest BCUT2D eigenvalue weighted by Gasteiger charge is -2.19. The van der Waals surface area contributed by atoms with E-state index in [4.69, 9.17) is 5.73 Å². The minimum Gasteiger partial charge on any atom is -0.370 e. The number of carbonyl (C=O) groups is 3. The monoisotopic (exact) mass is 586 g/mol. The molecule has 13 heteroatoms. The number of benzodiazepines with no additional fused rings is 1. The molecule has 4 N–H and O–H groups in total. The SMILES string of the molecule is CC(C)C.Cc1cccc2c1NC(=O)C(NC(=O)C(CCC(F)(F)F)CC(N)=O)N=C2c1cccc(C(F)(F)F)c1. The Morgan fingerprint density at radius 3 is 2.22 bits per heavy atom. The second-order valence-electron chi connectivity index (χ2n) is 10.2. The summed E-state index contributed by atoms with van der Waals surface area (Å²) in [5.74, 6) is -3.66. The van der Waals surface area contributed by atoms with Crippen LogP contribution < -0.4 is 16.4 Å². The van der Waals surface area contributed by atoms with Crippen molar-refractivity contribution in [1.82, 2.24) is 5.32 Å². The highest BCUT2D eigenvalue weighted by Gasteiger charge is 2.35. The van der Waals surface area contributed by atoms with E-state index >= 15 is 0 Å². The Morgan fingerprint density at radius 2 is 1.66 bits per heavy atom. The quantitative estimate of drug-likeness (QED) is 0.360. The number of halogens is 6. The van der Waals surface area contributed by atoms with Gasteiger partial charge in [0.25, 0.3) is 5.91 Å². The molecular formula is C28H32F6N4O3. The largest absolute Gasteiger partial charge is 0.416 e. The van der Waals surface area contributed by atoms with Crippen LogP contribution in [0.25, 0.3) is 0 Å². The van der Waals surface area contributed by atoms with Gasteiger partial charge in [0.05, 0.1) is 17.0 Å². The van der Waals surface area contributed by atoms with Crippen molar-refractivity contribution in [1.29, 1.82) is 0 Å². The molecule has 1 heterocycles. The highest BCUT2D eigenvalue weighted by atomic mass is 19.4. The number of aliphatic imine (C=N–C) groups is 1. The molecule has 0 saturated carbocycles. The van der Waals surface area contributed by atoms with Crippen LogP contribution in [0.2, 0.25) is 0 Å². The Labute approximate surface area is 233 Å². The predicted molar refractivity (Wildman–Crippen MR) is 142 cm³/mol. The number of nitrogens with one attached hydrogen (secondary N) is 2. The Kier molecular flexibility index (Phi) is 11.1. The second kappa shape index (κ2) is 13.6. The minimum atomic E-state index is -4.67. The fourth-order valence-electron chi connectivity index (χ4n) is 3.81. The number of alkyl halides is 6. The van der Waals surface area contributed by atoms with E-state index in [9.17, 15) is 40.7 Å². The Morgan fingerprint density at radius 1 is 1.05 bits per heavy atom. The van der Waals surface area contributed by atoms with Crippen LogP contribution in [0.3, 0.4) is 0 Å². The van der Waals surface area contributed by atoms with Gasteiger partial charge >= 0.3 is 12.4 Å². The molecule has 2 aromatic carbocycles. The summed E-state index contributed by atoms with van der Waals surface area (Å²) in [7, 11) is 0. The van der Waals surface area contributed by atoms with Gasteiger partial charge in [-0.3, -0.25) is 14.4 Å². The van der Waals surface area contributed by atoms with Gasteiger partial charge in [0.1, 0.15) is 0 Å². The molecule has 1 aliphatic heterocycles. The molecule has 0 bridgehead atoms. The number of anilines is 1. The Hall–Kier alpha value is -3.90. The highest BCUT2D eigenvalue weighted by Crippen LogP contribution is 2.32. The number of fused-ring (bicyclic) bond motifs is 1. The van der Waals surface area contributed by atoms with Crippen molar-refractivity contribution in [3.8, 4) is 0 Å². The van der Waals surface area contributed by atoms with E-state index in [1.807, 2.05) is 0 Å². The van der Waals surface area contributed by atoms with Crippen LogP contribution in [-0.4, -0.2) is 35.8 Å². The lowest BCUT2D eigenvalue weighted by molar-refractivity contribution is -0.143. The van der Waals surface area contributed by atoms with Gasteiger partial charge in [-0.2, -0.15) is 26.3 Å². The van der Waals surface area contributed by atoms with E-state index in [0.717, 1.165) is 24.1 Å². The fourth-order valence-corrected chi connectivity index (χ4v) is 3.81. The van der Waals surface area contributed by atoms with Crippen molar-refractivity contribution in [3.05, 3.63) is 64.7 Å². The number of nitrogens with two attached hydrogens (primary N) is 1. The van der Waals surface area contributed by atoms with Crippen molar-refractivity contribution >= 4 is 29.1 Å². The number of hydrogen-bond donors (Lipinski definition) is 3. The van der Waals surface area contributed by atoms with Gasteiger partial charge in [-0.1, -0.05) is 51.1 Å². The van der Waals surface area contributed by atoms with Crippen LogP contribution >= 0.6 is 0 Å². The van der Waals surface area contributed by atoms with Gasteiger partial charge in [-0.05, 0) is 37.0 Å². The van der Waals surface area contributed by atoms with Gasteiger partial charge < -0.3 is 16.4 Å². The molecule has 0 radical (unpaired) electrons. The topological polar surface area (TPSA) is 114 Å². The summed E-state index contributed by atoms with van der Waals surface area (Å²) in [4.78, 5) is 41.3. The second-order valence-corrected chi connectivity index (χ2v) is 10.2. The molecule has 2 aromatic rings. The van der Waals surface area contributed by atoms with Crippen molar-refractivity contribution in [3.63, 3.8) is 0 Å². The molecule has 3 rings (SSSR count). The van der Waals surface area contributed by atoms with Gasteiger partial charge in [0.15, 0.2) is 0 Å². The van der Waals surface area contributed by atoms with Gasteiger partial charge in [0, 0.05) is 29.9 Å². The molecule has 1 aliphatic rings. The minimum absolute atomic E-state index is 0.0109. The first-order valence-corrected chi connectivity index (χ1v) is 12.7. The molecule has 0 spiro atoms. The number of primary amides is 1. The molecule has 0 aromatic heterocycles. The van der Waals surface area contributed by atoms with Gasteiger partial charge in [0.2, 0.25) is 18.0 Å². The molecule has 224 valence electrons. The number of carbonyl (C=O) groups excluding carboxylic acids is 3. The average molecular weight is 587 g/mol. The molecule has 0 saturated heterocycles. The first-order valence-electron chi connectivity index (χ1n) is 12.7. The molecule has 2 unspecified atom stereocenters. The van der Waals surface area contributed by atoms with Gasteiger partial charge in [-0.15, -0.1) is 0 Å². The normalized spacial score (nSPS) is 15.9. The standard InChI is InChI=1S/C24H22F6N4O3.C4H10/c1-12-4-2-7-16-18(12)33-22(37)20(32-19(16)13-5-3-6-15(10-13)24(28,29)30)34-21(36)14(11-17(31)35)8-9-23(25,26)27;1-4(2)3/h2-7,10,14,20H,8-9,11H2,1H3,(H2,31,35)(H,33,37)(H,34,36);4H,1-3H3. The number of nitrogens with zero attached hydrogens (tertiary/aromatic N) is 1. The molecule has 0 aliphatic carbocycles. The molecule has 41 heavy (non-hydrogen) atoms. The van der Waals surface area contributed by atoms with Crippen molar-refractivity contribution in [2.45, 2.75) is 65.5 Å². The van der Waals surface area contributed by atoms with Crippen LogP contribution in [0.1, 0.15) is 62.3 Å². The number of amides is 3. The summed E-state index contributed by atoms with van der Waals surface area (Å²) in [6.45, 7) is 8.14. The lowest BCUT2D eigenvalue weighted by atomic mass is 9.97. The number of rotatable bonds is 7. The third-order valence-electron chi connectivity index (χ3n) is 5.62.